The van der Waals surface area contributed by atoms with Crippen LogP contribution in [0.5, 0.6) is 0 Å². The number of rotatable bonds is 2. The van der Waals surface area contributed by atoms with Gasteiger partial charge in [-0.25, -0.2) is 0 Å². The Hall–Kier alpha value is -0.135. The van der Waals surface area contributed by atoms with E-state index in [1.54, 1.807) is 0 Å². The zero-order chi connectivity index (χ0) is 12.3. The standard InChI is InChI=1S/C11H24BNO4/c1-13(2)12-11-10-16-5-3-4-14-6-7-15-8-9-17-11/h11-12H,3-10H2,1-2H3. The maximum absolute atomic E-state index is 5.73. The number of hydrogen-bond acceptors (Lipinski definition) is 5. The molecule has 0 radical (unpaired) electrons. The molecular weight excluding hydrogens is 221 g/mol. The van der Waals surface area contributed by atoms with Crippen molar-refractivity contribution in [3.05, 3.63) is 0 Å². The van der Waals surface area contributed by atoms with Crippen molar-refractivity contribution in [2.75, 3.05) is 60.3 Å². The van der Waals surface area contributed by atoms with Crippen LogP contribution in [0.3, 0.4) is 0 Å². The molecule has 1 rings (SSSR count). The van der Waals surface area contributed by atoms with Gasteiger partial charge >= 0.3 is 0 Å². The molecule has 17 heavy (non-hydrogen) atoms. The third-order valence-electron chi connectivity index (χ3n) is 2.40. The fourth-order valence-electron chi connectivity index (χ4n) is 1.63. The first-order chi connectivity index (χ1) is 8.29. The highest BCUT2D eigenvalue weighted by Gasteiger charge is 2.13. The van der Waals surface area contributed by atoms with Crippen LogP contribution in [-0.2, 0) is 18.9 Å². The van der Waals surface area contributed by atoms with Crippen molar-refractivity contribution in [2.24, 2.45) is 0 Å². The van der Waals surface area contributed by atoms with Gasteiger partial charge in [-0.05, 0) is 20.5 Å². The second-order valence-corrected chi connectivity index (χ2v) is 4.41. The van der Waals surface area contributed by atoms with E-state index in [0.29, 0.717) is 33.0 Å². The Morgan fingerprint density at radius 3 is 2.29 bits per heavy atom. The third-order valence-corrected chi connectivity index (χ3v) is 2.40. The predicted octanol–water partition coefficient (Wildman–Crippen LogP) is -0.304. The second-order valence-electron chi connectivity index (χ2n) is 4.41. The van der Waals surface area contributed by atoms with Crippen LogP contribution in [0.1, 0.15) is 6.42 Å². The van der Waals surface area contributed by atoms with Crippen molar-refractivity contribution < 1.29 is 18.9 Å². The first-order valence-corrected chi connectivity index (χ1v) is 6.28. The summed E-state index contributed by atoms with van der Waals surface area (Å²) in [6, 6.07) is 0.121. The molecule has 1 atom stereocenters. The zero-order valence-corrected chi connectivity index (χ0v) is 11.0. The molecule has 6 heteroatoms. The van der Waals surface area contributed by atoms with E-state index in [9.17, 15) is 0 Å². The maximum Gasteiger partial charge on any atom is 0.239 e. The van der Waals surface area contributed by atoms with Crippen LogP contribution in [0, 0.1) is 0 Å². The van der Waals surface area contributed by atoms with E-state index in [2.05, 4.69) is 4.81 Å². The van der Waals surface area contributed by atoms with Gasteiger partial charge in [-0.15, -0.1) is 0 Å². The van der Waals surface area contributed by atoms with Crippen LogP contribution in [0.4, 0.5) is 0 Å². The topological polar surface area (TPSA) is 40.2 Å². The van der Waals surface area contributed by atoms with Crippen molar-refractivity contribution in [1.82, 2.24) is 4.81 Å². The van der Waals surface area contributed by atoms with Crippen molar-refractivity contribution in [1.29, 1.82) is 0 Å². The highest BCUT2D eigenvalue weighted by molar-refractivity contribution is 6.33. The van der Waals surface area contributed by atoms with Crippen LogP contribution in [0.25, 0.3) is 0 Å². The SMILES string of the molecule is CN(C)BC1COCCCOCCOCCO1. The van der Waals surface area contributed by atoms with Gasteiger partial charge in [-0.1, -0.05) is 0 Å². The first kappa shape index (κ1) is 14.9. The Labute approximate surface area is 105 Å². The summed E-state index contributed by atoms with van der Waals surface area (Å²) in [4.78, 5) is 2.11. The Morgan fingerprint density at radius 1 is 0.882 bits per heavy atom. The van der Waals surface area contributed by atoms with E-state index in [0.717, 1.165) is 27.0 Å². The molecule has 0 bridgehead atoms. The average molecular weight is 245 g/mol. The van der Waals surface area contributed by atoms with Crippen LogP contribution < -0.4 is 0 Å². The minimum absolute atomic E-state index is 0.121. The van der Waals surface area contributed by atoms with E-state index in [4.69, 9.17) is 18.9 Å². The lowest BCUT2D eigenvalue weighted by Gasteiger charge is -2.20. The van der Waals surface area contributed by atoms with Gasteiger partial charge in [0.1, 0.15) is 0 Å². The number of hydrogen-bond donors (Lipinski definition) is 0. The van der Waals surface area contributed by atoms with Crippen molar-refractivity contribution in [2.45, 2.75) is 12.4 Å². The molecule has 0 amide bonds. The van der Waals surface area contributed by atoms with E-state index in [1.165, 1.54) is 0 Å². The zero-order valence-electron chi connectivity index (χ0n) is 11.0. The first-order valence-electron chi connectivity index (χ1n) is 6.28. The minimum atomic E-state index is 0.121. The van der Waals surface area contributed by atoms with Gasteiger partial charge in [0.2, 0.25) is 7.41 Å². The quantitative estimate of drug-likeness (QED) is 0.624. The van der Waals surface area contributed by atoms with Crippen LogP contribution in [0.2, 0.25) is 0 Å². The van der Waals surface area contributed by atoms with Gasteiger partial charge in [0.25, 0.3) is 0 Å². The van der Waals surface area contributed by atoms with Crippen LogP contribution >= 0.6 is 0 Å². The molecule has 5 nitrogen and oxygen atoms in total. The van der Waals surface area contributed by atoms with E-state index in [-0.39, 0.29) is 6.00 Å². The molecule has 0 aliphatic carbocycles. The summed E-state index contributed by atoms with van der Waals surface area (Å²) in [5.41, 5.74) is 0. The molecule has 1 saturated heterocycles. The number of nitrogens with zero attached hydrogens (tertiary/aromatic N) is 1. The summed E-state index contributed by atoms with van der Waals surface area (Å²) < 4.78 is 22.1. The fraction of sp³-hybridized carbons (Fsp3) is 1.00. The molecule has 1 aliphatic rings. The number of ether oxygens (including phenoxy) is 4. The molecule has 100 valence electrons. The molecule has 0 aromatic carbocycles. The summed E-state index contributed by atoms with van der Waals surface area (Å²) in [6.07, 6.45) is 0.925. The minimum Gasteiger partial charge on any atom is -0.380 e. The molecule has 0 N–H and O–H groups in total. The average Bonchev–Trinajstić information content (AvgIpc) is 2.30. The lowest BCUT2D eigenvalue weighted by atomic mass is 9.84. The van der Waals surface area contributed by atoms with E-state index >= 15 is 0 Å². The summed E-state index contributed by atoms with van der Waals surface area (Å²) in [5.74, 6) is 0. The van der Waals surface area contributed by atoms with Crippen molar-refractivity contribution >= 4 is 7.41 Å². The summed E-state index contributed by atoms with van der Waals surface area (Å²) in [5, 5.41) is 0. The predicted molar refractivity (Wildman–Crippen MR) is 67.7 cm³/mol. The van der Waals surface area contributed by atoms with Gasteiger partial charge in [-0.2, -0.15) is 0 Å². The van der Waals surface area contributed by atoms with Gasteiger partial charge in [-0.3, -0.25) is 0 Å². The molecule has 1 aliphatic heterocycles. The van der Waals surface area contributed by atoms with E-state index in [1.807, 2.05) is 14.1 Å². The third kappa shape index (κ3) is 8.57. The summed E-state index contributed by atoms with van der Waals surface area (Å²) in [6.45, 7) is 4.63. The molecule has 1 fully saturated rings. The lowest BCUT2D eigenvalue weighted by molar-refractivity contribution is -0.00746. The van der Waals surface area contributed by atoms with Gasteiger partial charge in [0.05, 0.1) is 39.0 Å². The molecule has 1 unspecified atom stereocenters. The van der Waals surface area contributed by atoms with Gasteiger partial charge in [0, 0.05) is 13.2 Å². The van der Waals surface area contributed by atoms with Gasteiger partial charge in [0.15, 0.2) is 0 Å². The largest absolute Gasteiger partial charge is 0.380 e. The highest BCUT2D eigenvalue weighted by Crippen LogP contribution is 1.97. The molecule has 0 aromatic heterocycles. The molecule has 0 spiro atoms. The summed E-state index contributed by atoms with van der Waals surface area (Å²) in [7, 11) is 4.94. The highest BCUT2D eigenvalue weighted by atomic mass is 16.6. The van der Waals surface area contributed by atoms with Crippen LogP contribution in [0.15, 0.2) is 0 Å². The Bertz CT molecular complexity index is 169. The Morgan fingerprint density at radius 2 is 1.53 bits per heavy atom. The summed E-state index contributed by atoms with van der Waals surface area (Å²) >= 11 is 0. The second kappa shape index (κ2) is 9.85. The van der Waals surface area contributed by atoms with Crippen molar-refractivity contribution in [3.63, 3.8) is 0 Å². The molecule has 0 aromatic rings. The van der Waals surface area contributed by atoms with Crippen LogP contribution in [-0.4, -0.2) is 78.6 Å². The Kier molecular flexibility index (Phi) is 8.65. The normalized spacial score (nSPS) is 25.7. The van der Waals surface area contributed by atoms with Crippen molar-refractivity contribution in [3.8, 4) is 0 Å². The molecule has 1 heterocycles. The maximum atomic E-state index is 5.73. The van der Waals surface area contributed by atoms with E-state index < -0.39 is 0 Å². The smallest absolute Gasteiger partial charge is 0.239 e. The fourth-order valence-corrected chi connectivity index (χ4v) is 1.63. The monoisotopic (exact) mass is 245 g/mol. The van der Waals surface area contributed by atoms with Gasteiger partial charge < -0.3 is 23.8 Å². The molecular formula is C11H24BNO4. The molecule has 0 saturated carbocycles. The Balaban J connectivity index is 2.25. The lowest BCUT2D eigenvalue weighted by Crippen LogP contribution is -2.36.